The second-order valence-electron chi connectivity index (χ2n) is 4.64. The molecule has 2 aromatic rings. The Kier molecular flexibility index (Phi) is 4.52. The average Bonchev–Trinajstić information content (AvgIpc) is 2.72. The number of carbonyl (C=O) groups excluding carboxylic acids is 1. The van der Waals surface area contributed by atoms with E-state index in [1.54, 1.807) is 6.92 Å². The highest BCUT2D eigenvalue weighted by Crippen LogP contribution is 2.21. The van der Waals surface area contributed by atoms with Crippen molar-refractivity contribution in [1.29, 1.82) is 0 Å². The van der Waals surface area contributed by atoms with Crippen LogP contribution in [0.3, 0.4) is 0 Å². The minimum absolute atomic E-state index is 0.298. The fraction of sp³-hybridized carbons (Fsp3) is 0.286. The predicted octanol–water partition coefficient (Wildman–Crippen LogP) is 3.48. The number of aryl methyl sites for hydroxylation is 2. The summed E-state index contributed by atoms with van der Waals surface area (Å²) in [5.74, 6) is -2.18. The number of anilines is 2. The molecule has 2 rings (SSSR count). The molecule has 21 heavy (non-hydrogen) atoms. The Hall–Kier alpha value is -2.02. The van der Waals surface area contributed by atoms with Gasteiger partial charge in [-0.2, -0.15) is 0 Å². The zero-order valence-corrected chi connectivity index (χ0v) is 12.6. The topological polar surface area (TPSA) is 54.0 Å². The van der Waals surface area contributed by atoms with Gasteiger partial charge in [-0.15, -0.1) is 11.3 Å². The summed E-state index contributed by atoms with van der Waals surface area (Å²) in [7, 11) is 0. The molecule has 1 aromatic carbocycles. The van der Waals surface area contributed by atoms with Crippen molar-refractivity contribution in [3.05, 3.63) is 40.4 Å². The molecule has 0 aliphatic carbocycles. The summed E-state index contributed by atoms with van der Waals surface area (Å²) in [5.41, 5.74) is 1.21. The standard InChI is InChI=1S/C14H15F2N3OS/c1-7-9(3)21-14(18-7)19-13(20)8(2)17-10-4-5-11(15)12(16)6-10/h4-6,8,17H,1-3H3,(H,18,19,20)/t8-/m0/s1. The van der Waals surface area contributed by atoms with Gasteiger partial charge in [-0.05, 0) is 32.9 Å². The van der Waals surface area contributed by atoms with Gasteiger partial charge >= 0.3 is 0 Å². The third-order valence-corrected chi connectivity index (χ3v) is 3.94. The van der Waals surface area contributed by atoms with Crippen molar-refractivity contribution < 1.29 is 13.6 Å². The van der Waals surface area contributed by atoms with E-state index in [4.69, 9.17) is 0 Å². The summed E-state index contributed by atoms with van der Waals surface area (Å²) < 4.78 is 25.9. The van der Waals surface area contributed by atoms with E-state index >= 15 is 0 Å². The van der Waals surface area contributed by atoms with Crippen molar-refractivity contribution in [3.8, 4) is 0 Å². The molecular formula is C14H15F2N3OS. The molecule has 7 heteroatoms. The molecule has 1 heterocycles. The maximum Gasteiger partial charge on any atom is 0.248 e. The van der Waals surface area contributed by atoms with Gasteiger partial charge in [0.1, 0.15) is 6.04 Å². The van der Waals surface area contributed by atoms with Gasteiger partial charge in [-0.3, -0.25) is 4.79 Å². The van der Waals surface area contributed by atoms with E-state index in [0.717, 1.165) is 22.7 Å². The number of nitrogens with one attached hydrogen (secondary N) is 2. The first kappa shape index (κ1) is 15.4. The Morgan fingerprint density at radius 2 is 2.00 bits per heavy atom. The average molecular weight is 311 g/mol. The molecule has 0 radical (unpaired) electrons. The van der Waals surface area contributed by atoms with Crippen molar-refractivity contribution in [2.45, 2.75) is 26.8 Å². The van der Waals surface area contributed by atoms with Crippen molar-refractivity contribution in [2.75, 3.05) is 10.6 Å². The smallest absolute Gasteiger partial charge is 0.248 e. The molecule has 0 spiro atoms. The highest BCUT2D eigenvalue weighted by Gasteiger charge is 2.15. The summed E-state index contributed by atoms with van der Waals surface area (Å²) in [6.45, 7) is 5.42. The third-order valence-electron chi connectivity index (χ3n) is 2.95. The minimum atomic E-state index is -0.959. The van der Waals surface area contributed by atoms with E-state index in [-0.39, 0.29) is 5.91 Å². The zero-order valence-electron chi connectivity index (χ0n) is 11.8. The molecule has 0 saturated carbocycles. The van der Waals surface area contributed by atoms with Crippen molar-refractivity contribution in [1.82, 2.24) is 4.98 Å². The number of aromatic nitrogens is 1. The number of halogens is 2. The van der Waals surface area contributed by atoms with E-state index in [2.05, 4.69) is 15.6 Å². The van der Waals surface area contributed by atoms with Crippen LogP contribution in [0.25, 0.3) is 0 Å². The number of thiazole rings is 1. The molecular weight excluding hydrogens is 296 g/mol. The number of carbonyl (C=O) groups is 1. The SMILES string of the molecule is Cc1nc(NC(=O)[C@H](C)Nc2ccc(F)c(F)c2)sc1C. The number of nitrogens with zero attached hydrogens (tertiary/aromatic N) is 1. The molecule has 2 N–H and O–H groups in total. The quantitative estimate of drug-likeness (QED) is 0.909. The van der Waals surface area contributed by atoms with E-state index in [0.29, 0.717) is 10.8 Å². The zero-order chi connectivity index (χ0) is 15.6. The normalized spacial score (nSPS) is 12.0. The number of amides is 1. The van der Waals surface area contributed by atoms with Crippen molar-refractivity contribution >= 4 is 28.1 Å². The highest BCUT2D eigenvalue weighted by molar-refractivity contribution is 7.15. The van der Waals surface area contributed by atoms with E-state index in [9.17, 15) is 13.6 Å². The molecule has 0 bridgehead atoms. The lowest BCUT2D eigenvalue weighted by Crippen LogP contribution is -2.31. The molecule has 1 atom stereocenters. The Balaban J connectivity index is 2.00. The summed E-state index contributed by atoms with van der Waals surface area (Å²) in [6.07, 6.45) is 0. The summed E-state index contributed by atoms with van der Waals surface area (Å²) in [5, 5.41) is 6.02. The van der Waals surface area contributed by atoms with Crippen molar-refractivity contribution in [3.63, 3.8) is 0 Å². The van der Waals surface area contributed by atoms with E-state index in [1.165, 1.54) is 17.4 Å². The second kappa shape index (κ2) is 6.17. The van der Waals surface area contributed by atoms with Crippen LogP contribution in [0.2, 0.25) is 0 Å². The van der Waals surface area contributed by atoms with Crippen LogP contribution in [0.4, 0.5) is 19.6 Å². The Labute approximate surface area is 125 Å². The van der Waals surface area contributed by atoms with Gasteiger partial charge in [0.15, 0.2) is 16.8 Å². The lowest BCUT2D eigenvalue weighted by molar-refractivity contribution is -0.116. The lowest BCUT2D eigenvalue weighted by atomic mass is 10.2. The fourth-order valence-electron chi connectivity index (χ4n) is 1.64. The van der Waals surface area contributed by atoms with Gasteiger partial charge < -0.3 is 10.6 Å². The van der Waals surface area contributed by atoms with Crippen LogP contribution >= 0.6 is 11.3 Å². The molecule has 0 aliphatic heterocycles. The van der Waals surface area contributed by atoms with Gasteiger partial charge in [-0.25, -0.2) is 13.8 Å². The van der Waals surface area contributed by atoms with Gasteiger partial charge in [0.2, 0.25) is 5.91 Å². The molecule has 1 amide bonds. The Morgan fingerprint density at radius 1 is 1.29 bits per heavy atom. The molecule has 4 nitrogen and oxygen atoms in total. The number of hydrogen-bond acceptors (Lipinski definition) is 4. The van der Waals surface area contributed by atoms with E-state index in [1.807, 2.05) is 13.8 Å². The maximum absolute atomic E-state index is 13.1. The van der Waals surface area contributed by atoms with Crippen LogP contribution in [0.5, 0.6) is 0 Å². The second-order valence-corrected chi connectivity index (χ2v) is 5.85. The first-order valence-corrected chi connectivity index (χ1v) is 7.15. The van der Waals surface area contributed by atoms with Gasteiger partial charge in [-0.1, -0.05) is 0 Å². The van der Waals surface area contributed by atoms with Crippen LogP contribution in [0.15, 0.2) is 18.2 Å². The molecule has 1 aromatic heterocycles. The number of rotatable bonds is 4. The minimum Gasteiger partial charge on any atom is -0.374 e. The molecule has 0 aliphatic rings. The van der Waals surface area contributed by atoms with Crippen LogP contribution in [-0.4, -0.2) is 16.9 Å². The molecule has 112 valence electrons. The third kappa shape index (κ3) is 3.75. The van der Waals surface area contributed by atoms with Crippen LogP contribution in [0.1, 0.15) is 17.5 Å². The van der Waals surface area contributed by atoms with Crippen molar-refractivity contribution in [2.24, 2.45) is 0 Å². The molecule has 0 fully saturated rings. The Morgan fingerprint density at radius 3 is 2.57 bits per heavy atom. The number of benzene rings is 1. The van der Waals surface area contributed by atoms with Gasteiger partial charge in [0, 0.05) is 16.6 Å². The monoisotopic (exact) mass is 311 g/mol. The number of hydrogen-bond donors (Lipinski definition) is 2. The van der Waals surface area contributed by atoms with Crippen LogP contribution in [0, 0.1) is 25.5 Å². The summed E-state index contributed by atoms with van der Waals surface area (Å²) >= 11 is 1.39. The van der Waals surface area contributed by atoms with Gasteiger partial charge in [0.05, 0.1) is 5.69 Å². The Bertz CT molecular complexity index is 653. The first-order valence-electron chi connectivity index (χ1n) is 6.33. The fourth-order valence-corrected chi connectivity index (χ4v) is 2.46. The van der Waals surface area contributed by atoms with E-state index < -0.39 is 17.7 Å². The largest absolute Gasteiger partial charge is 0.374 e. The predicted molar refractivity (Wildman–Crippen MR) is 79.7 cm³/mol. The molecule has 0 saturated heterocycles. The van der Waals surface area contributed by atoms with Gasteiger partial charge in [0.25, 0.3) is 0 Å². The molecule has 0 unspecified atom stereocenters. The van der Waals surface area contributed by atoms with Crippen LogP contribution in [-0.2, 0) is 4.79 Å². The summed E-state index contributed by atoms with van der Waals surface area (Å²) in [4.78, 5) is 17.3. The first-order chi connectivity index (χ1) is 9.86. The summed E-state index contributed by atoms with van der Waals surface area (Å²) in [6, 6.07) is 2.78. The van der Waals surface area contributed by atoms with Crippen LogP contribution < -0.4 is 10.6 Å². The lowest BCUT2D eigenvalue weighted by Gasteiger charge is -2.14. The maximum atomic E-state index is 13.1. The highest BCUT2D eigenvalue weighted by atomic mass is 32.1.